The Morgan fingerprint density at radius 3 is 2.28 bits per heavy atom. The second kappa shape index (κ2) is 6.37. The number of benzene rings is 1. The Morgan fingerprint density at radius 2 is 1.83 bits per heavy atom. The van der Waals surface area contributed by atoms with Gasteiger partial charge in [-0.1, -0.05) is 60.1 Å². The highest BCUT2D eigenvalue weighted by Crippen LogP contribution is 2.23. The molecule has 0 saturated heterocycles. The van der Waals surface area contributed by atoms with Gasteiger partial charge in [-0.2, -0.15) is 0 Å². The molecular weight excluding hydrogens is 290 g/mol. The van der Waals surface area contributed by atoms with Gasteiger partial charge in [0.1, 0.15) is 0 Å². The van der Waals surface area contributed by atoms with Gasteiger partial charge >= 0.3 is 0 Å². The molecule has 1 rings (SSSR count). The maximum atomic E-state index is 12.4. The normalized spacial score (nSPS) is 13.4. The quantitative estimate of drug-likeness (QED) is 0.829. The van der Waals surface area contributed by atoms with Gasteiger partial charge < -0.3 is 5.32 Å². The van der Waals surface area contributed by atoms with Gasteiger partial charge in [-0.05, 0) is 25.3 Å². The zero-order valence-electron chi connectivity index (χ0n) is 11.5. The monoisotopic (exact) mass is 311 g/mol. The predicted molar refractivity (Wildman–Crippen MR) is 80.0 cm³/mol. The van der Waals surface area contributed by atoms with Crippen LogP contribution in [0.15, 0.2) is 30.3 Å². The molecule has 1 unspecified atom stereocenters. The second-order valence-corrected chi connectivity index (χ2v) is 6.12. The first-order chi connectivity index (χ1) is 8.39. The van der Waals surface area contributed by atoms with Crippen molar-refractivity contribution in [1.82, 2.24) is 5.32 Å². The molecule has 0 fully saturated rings. The summed E-state index contributed by atoms with van der Waals surface area (Å²) in [5.41, 5.74) is 0.538. The Balaban J connectivity index is 2.83. The molecule has 1 aromatic carbocycles. The summed E-state index contributed by atoms with van der Waals surface area (Å²) in [4.78, 5) is 12.4. The van der Waals surface area contributed by atoms with Crippen LogP contribution in [0.25, 0.3) is 0 Å². The molecule has 18 heavy (non-hydrogen) atoms. The zero-order valence-corrected chi connectivity index (χ0v) is 13.1. The molecule has 0 radical (unpaired) electrons. The van der Waals surface area contributed by atoms with Crippen molar-refractivity contribution in [3.8, 4) is 0 Å². The number of rotatable bonds is 5. The van der Waals surface area contributed by atoms with Crippen molar-refractivity contribution in [1.29, 1.82) is 0 Å². The van der Waals surface area contributed by atoms with E-state index in [1.165, 1.54) is 0 Å². The number of nitrogens with one attached hydrogen (secondary N) is 1. The summed E-state index contributed by atoms with van der Waals surface area (Å²) in [5, 5.41) is 3.90. The smallest absolute Gasteiger partial charge is 0.230 e. The average Bonchev–Trinajstić information content (AvgIpc) is 2.36. The van der Waals surface area contributed by atoms with E-state index in [4.69, 9.17) is 0 Å². The first-order valence-corrected chi connectivity index (χ1v) is 7.44. The lowest BCUT2D eigenvalue weighted by molar-refractivity contribution is -0.126. The minimum Gasteiger partial charge on any atom is -0.352 e. The van der Waals surface area contributed by atoms with Crippen molar-refractivity contribution in [2.75, 3.05) is 5.33 Å². The number of hydrogen-bond donors (Lipinski definition) is 1. The van der Waals surface area contributed by atoms with E-state index in [9.17, 15) is 4.79 Å². The van der Waals surface area contributed by atoms with Crippen molar-refractivity contribution in [2.45, 2.75) is 39.2 Å². The summed E-state index contributed by atoms with van der Waals surface area (Å²) < 4.78 is 0. The first kappa shape index (κ1) is 15.2. The van der Waals surface area contributed by atoms with Crippen molar-refractivity contribution in [3.63, 3.8) is 0 Å². The van der Waals surface area contributed by atoms with Crippen LogP contribution in [0.5, 0.6) is 0 Å². The van der Waals surface area contributed by atoms with Crippen molar-refractivity contribution in [3.05, 3.63) is 35.9 Å². The fraction of sp³-hybridized carbons (Fsp3) is 0.533. The number of alkyl halides is 1. The molecule has 3 heteroatoms. The number of halogens is 1. The number of carbonyl (C=O) groups is 1. The van der Waals surface area contributed by atoms with E-state index in [0.29, 0.717) is 5.92 Å². The lowest BCUT2D eigenvalue weighted by atomic mass is 9.83. The molecule has 100 valence electrons. The van der Waals surface area contributed by atoms with Gasteiger partial charge in [0.2, 0.25) is 5.91 Å². The van der Waals surface area contributed by atoms with Gasteiger partial charge in [0.25, 0.3) is 0 Å². The van der Waals surface area contributed by atoms with E-state index in [1.807, 2.05) is 44.2 Å². The average molecular weight is 312 g/mol. The Kier molecular flexibility index (Phi) is 5.39. The van der Waals surface area contributed by atoms with Crippen molar-refractivity contribution in [2.24, 2.45) is 5.92 Å². The van der Waals surface area contributed by atoms with Crippen LogP contribution in [0.3, 0.4) is 0 Å². The van der Waals surface area contributed by atoms with Crippen LogP contribution in [0.1, 0.15) is 33.3 Å². The SMILES string of the molecule is CC(C)C(CBr)NC(=O)C(C)(C)c1ccccc1. The van der Waals surface area contributed by atoms with E-state index in [2.05, 4.69) is 35.1 Å². The summed E-state index contributed by atoms with van der Waals surface area (Å²) in [6.07, 6.45) is 0. The molecule has 0 aliphatic rings. The molecule has 1 amide bonds. The summed E-state index contributed by atoms with van der Waals surface area (Å²) in [6.45, 7) is 8.15. The largest absolute Gasteiger partial charge is 0.352 e. The number of carbonyl (C=O) groups excluding carboxylic acids is 1. The predicted octanol–water partition coefficient (Wildman–Crippen LogP) is 3.50. The summed E-state index contributed by atoms with van der Waals surface area (Å²) in [5.74, 6) is 0.492. The second-order valence-electron chi connectivity index (χ2n) is 5.47. The Hall–Kier alpha value is -0.830. The fourth-order valence-electron chi connectivity index (χ4n) is 1.72. The van der Waals surface area contributed by atoms with Crippen LogP contribution in [-0.4, -0.2) is 17.3 Å². The summed E-state index contributed by atoms with van der Waals surface area (Å²) in [7, 11) is 0. The molecule has 0 aliphatic carbocycles. The minimum absolute atomic E-state index is 0.0758. The Bertz CT molecular complexity index is 387. The van der Waals surface area contributed by atoms with Gasteiger partial charge in [0.05, 0.1) is 5.41 Å². The van der Waals surface area contributed by atoms with E-state index >= 15 is 0 Å². The van der Waals surface area contributed by atoms with Crippen molar-refractivity contribution < 1.29 is 4.79 Å². The molecule has 0 aromatic heterocycles. The maximum absolute atomic E-state index is 12.4. The van der Waals surface area contributed by atoms with Gasteiger partial charge in [-0.3, -0.25) is 4.79 Å². The van der Waals surface area contributed by atoms with Crippen LogP contribution in [0.4, 0.5) is 0 Å². The fourth-order valence-corrected chi connectivity index (χ4v) is 2.63. The summed E-state index contributed by atoms with van der Waals surface area (Å²) >= 11 is 3.45. The third-order valence-corrected chi connectivity index (χ3v) is 4.05. The van der Waals surface area contributed by atoms with Crippen LogP contribution >= 0.6 is 15.9 Å². The molecule has 1 N–H and O–H groups in total. The van der Waals surface area contributed by atoms with Crippen LogP contribution in [0.2, 0.25) is 0 Å². The highest BCUT2D eigenvalue weighted by atomic mass is 79.9. The highest BCUT2D eigenvalue weighted by molar-refractivity contribution is 9.09. The lowest BCUT2D eigenvalue weighted by Gasteiger charge is -2.28. The van der Waals surface area contributed by atoms with Crippen LogP contribution in [-0.2, 0) is 10.2 Å². The topological polar surface area (TPSA) is 29.1 Å². The van der Waals surface area contributed by atoms with Crippen LogP contribution < -0.4 is 5.32 Å². The zero-order chi connectivity index (χ0) is 13.8. The molecule has 0 bridgehead atoms. The van der Waals surface area contributed by atoms with Crippen LogP contribution in [0, 0.1) is 5.92 Å². The molecule has 0 saturated carbocycles. The highest BCUT2D eigenvalue weighted by Gasteiger charge is 2.31. The molecule has 0 heterocycles. The maximum Gasteiger partial charge on any atom is 0.230 e. The van der Waals surface area contributed by atoms with E-state index in [-0.39, 0.29) is 11.9 Å². The Morgan fingerprint density at radius 1 is 1.28 bits per heavy atom. The third kappa shape index (κ3) is 3.58. The van der Waals surface area contributed by atoms with Gasteiger partial charge in [0, 0.05) is 11.4 Å². The van der Waals surface area contributed by atoms with E-state index < -0.39 is 5.41 Å². The summed E-state index contributed by atoms with van der Waals surface area (Å²) in [6, 6.07) is 10.1. The molecular formula is C15H22BrNO. The third-order valence-electron chi connectivity index (χ3n) is 3.35. The van der Waals surface area contributed by atoms with Gasteiger partial charge in [-0.25, -0.2) is 0 Å². The number of hydrogen-bond acceptors (Lipinski definition) is 1. The van der Waals surface area contributed by atoms with E-state index in [0.717, 1.165) is 10.9 Å². The molecule has 1 atom stereocenters. The molecule has 0 spiro atoms. The molecule has 0 aliphatic heterocycles. The number of amides is 1. The molecule has 1 aromatic rings. The van der Waals surface area contributed by atoms with Crippen molar-refractivity contribution >= 4 is 21.8 Å². The molecule has 2 nitrogen and oxygen atoms in total. The lowest BCUT2D eigenvalue weighted by Crippen LogP contribution is -2.47. The van der Waals surface area contributed by atoms with Gasteiger partial charge in [0.15, 0.2) is 0 Å². The van der Waals surface area contributed by atoms with E-state index in [1.54, 1.807) is 0 Å². The van der Waals surface area contributed by atoms with Gasteiger partial charge in [-0.15, -0.1) is 0 Å². The standard InChI is InChI=1S/C15H22BrNO/c1-11(2)13(10-16)17-14(18)15(3,4)12-8-6-5-7-9-12/h5-9,11,13H,10H2,1-4H3,(H,17,18). The Labute approximate surface area is 118 Å². The first-order valence-electron chi connectivity index (χ1n) is 6.32. The minimum atomic E-state index is -0.503.